The molecular weight excluding hydrogens is 238 g/mol. The molecule has 3 nitrogen and oxygen atoms in total. The van der Waals surface area contributed by atoms with E-state index >= 15 is 0 Å². The molecule has 102 valence electrons. The predicted molar refractivity (Wildman–Crippen MR) is 73.7 cm³/mol. The molecule has 19 heavy (non-hydrogen) atoms. The molecule has 3 heteroatoms. The first-order valence-electron chi connectivity index (χ1n) is 7.25. The average Bonchev–Trinajstić information content (AvgIpc) is 2.85. The summed E-state index contributed by atoms with van der Waals surface area (Å²) in [5.41, 5.74) is 1.34. The van der Waals surface area contributed by atoms with Crippen LogP contribution in [-0.4, -0.2) is 28.6 Å². The quantitative estimate of drug-likeness (QED) is 0.907. The summed E-state index contributed by atoms with van der Waals surface area (Å²) in [6.07, 6.45) is 4.14. The summed E-state index contributed by atoms with van der Waals surface area (Å²) in [5.74, 6) is -0.126. The fourth-order valence-corrected chi connectivity index (χ4v) is 3.80. The third kappa shape index (κ3) is 2.66. The largest absolute Gasteiger partial charge is 0.481 e. The first-order chi connectivity index (χ1) is 9.24. The van der Waals surface area contributed by atoms with Gasteiger partial charge in [-0.1, -0.05) is 30.3 Å². The van der Waals surface area contributed by atoms with Crippen LogP contribution in [0.2, 0.25) is 0 Å². The van der Waals surface area contributed by atoms with E-state index < -0.39 is 5.97 Å². The van der Waals surface area contributed by atoms with Crippen LogP contribution in [0.25, 0.3) is 0 Å². The average molecular weight is 259 g/mol. The second-order valence-electron chi connectivity index (χ2n) is 5.93. The van der Waals surface area contributed by atoms with Gasteiger partial charge in [0, 0.05) is 12.6 Å². The number of carboxylic acids is 1. The van der Waals surface area contributed by atoms with E-state index in [9.17, 15) is 9.90 Å². The van der Waals surface area contributed by atoms with Crippen molar-refractivity contribution in [2.24, 2.45) is 11.8 Å². The number of hydrogen-bond donors (Lipinski definition) is 1. The lowest BCUT2D eigenvalue weighted by atomic mass is 9.91. The highest BCUT2D eigenvalue weighted by atomic mass is 16.4. The van der Waals surface area contributed by atoms with Crippen molar-refractivity contribution in [2.75, 3.05) is 6.54 Å². The molecule has 1 aliphatic carbocycles. The molecule has 0 spiro atoms. The number of benzene rings is 1. The molecule has 0 bridgehead atoms. The van der Waals surface area contributed by atoms with Crippen LogP contribution >= 0.6 is 0 Å². The van der Waals surface area contributed by atoms with Gasteiger partial charge in [-0.15, -0.1) is 0 Å². The zero-order chi connectivity index (χ0) is 13.2. The lowest BCUT2D eigenvalue weighted by Gasteiger charge is -2.37. The standard InChI is InChI=1S/C16H21NO2/c18-16(19)14-9-13-7-4-8-17(15(13)10-14)11-12-5-2-1-3-6-12/h1-3,5-6,13-15H,4,7-11H2,(H,18,19). The van der Waals surface area contributed by atoms with E-state index in [4.69, 9.17) is 0 Å². The molecule has 1 aromatic carbocycles. The van der Waals surface area contributed by atoms with Crippen molar-refractivity contribution in [3.63, 3.8) is 0 Å². The lowest BCUT2D eigenvalue weighted by molar-refractivity contribution is -0.141. The normalized spacial score (nSPS) is 31.1. The van der Waals surface area contributed by atoms with Crippen molar-refractivity contribution in [3.05, 3.63) is 35.9 Å². The van der Waals surface area contributed by atoms with Crippen LogP contribution in [-0.2, 0) is 11.3 Å². The summed E-state index contributed by atoms with van der Waals surface area (Å²) in [6.45, 7) is 2.08. The Balaban J connectivity index is 1.70. The van der Waals surface area contributed by atoms with Crippen molar-refractivity contribution in [1.29, 1.82) is 0 Å². The maximum absolute atomic E-state index is 11.2. The summed E-state index contributed by atoms with van der Waals surface area (Å²) >= 11 is 0. The molecule has 1 saturated heterocycles. The number of piperidine rings is 1. The molecule has 1 N–H and O–H groups in total. The summed E-state index contributed by atoms with van der Waals surface area (Å²) in [6, 6.07) is 11.0. The van der Waals surface area contributed by atoms with Gasteiger partial charge >= 0.3 is 5.97 Å². The molecule has 2 aliphatic rings. The fraction of sp³-hybridized carbons (Fsp3) is 0.562. The van der Waals surface area contributed by atoms with Gasteiger partial charge < -0.3 is 5.11 Å². The van der Waals surface area contributed by atoms with Crippen LogP contribution < -0.4 is 0 Å². The number of carbonyl (C=O) groups is 1. The Hall–Kier alpha value is -1.35. The molecular formula is C16H21NO2. The van der Waals surface area contributed by atoms with Crippen molar-refractivity contribution < 1.29 is 9.90 Å². The Morgan fingerprint density at radius 2 is 2.05 bits per heavy atom. The Kier molecular flexibility index (Phi) is 3.56. The second kappa shape index (κ2) is 5.33. The highest BCUT2D eigenvalue weighted by Gasteiger charge is 2.42. The molecule has 1 aromatic rings. The molecule has 3 unspecified atom stereocenters. The number of nitrogens with zero attached hydrogens (tertiary/aromatic N) is 1. The summed E-state index contributed by atoms with van der Waals surface area (Å²) < 4.78 is 0. The second-order valence-corrected chi connectivity index (χ2v) is 5.93. The number of fused-ring (bicyclic) bond motifs is 1. The molecule has 1 heterocycles. The maximum atomic E-state index is 11.2. The van der Waals surface area contributed by atoms with E-state index in [1.54, 1.807) is 0 Å². The SMILES string of the molecule is O=C(O)C1CC2CCCN(Cc3ccccc3)C2C1. The van der Waals surface area contributed by atoms with Gasteiger partial charge in [-0.05, 0) is 43.7 Å². The van der Waals surface area contributed by atoms with Gasteiger partial charge in [0.15, 0.2) is 0 Å². The van der Waals surface area contributed by atoms with Gasteiger partial charge in [0.05, 0.1) is 5.92 Å². The minimum atomic E-state index is -0.603. The Labute approximate surface area is 114 Å². The first kappa shape index (κ1) is 12.7. The van der Waals surface area contributed by atoms with Crippen LogP contribution in [0.15, 0.2) is 30.3 Å². The monoisotopic (exact) mass is 259 g/mol. The minimum absolute atomic E-state index is 0.119. The fourth-order valence-electron chi connectivity index (χ4n) is 3.80. The van der Waals surface area contributed by atoms with Crippen molar-refractivity contribution in [3.8, 4) is 0 Å². The third-order valence-electron chi connectivity index (χ3n) is 4.72. The Bertz CT molecular complexity index is 445. The number of likely N-dealkylation sites (tertiary alicyclic amines) is 1. The van der Waals surface area contributed by atoms with Gasteiger partial charge in [-0.3, -0.25) is 9.69 Å². The highest BCUT2D eigenvalue weighted by molar-refractivity contribution is 5.70. The highest BCUT2D eigenvalue weighted by Crippen LogP contribution is 2.40. The van der Waals surface area contributed by atoms with Crippen molar-refractivity contribution >= 4 is 5.97 Å². The topological polar surface area (TPSA) is 40.5 Å². The molecule has 1 saturated carbocycles. The van der Waals surface area contributed by atoms with E-state index in [-0.39, 0.29) is 5.92 Å². The third-order valence-corrected chi connectivity index (χ3v) is 4.72. The molecule has 2 fully saturated rings. The maximum Gasteiger partial charge on any atom is 0.306 e. The van der Waals surface area contributed by atoms with E-state index in [2.05, 4.69) is 29.2 Å². The smallest absolute Gasteiger partial charge is 0.306 e. The van der Waals surface area contributed by atoms with Crippen molar-refractivity contribution in [1.82, 2.24) is 4.90 Å². The van der Waals surface area contributed by atoms with Gasteiger partial charge in [0.25, 0.3) is 0 Å². The number of rotatable bonds is 3. The van der Waals surface area contributed by atoms with Crippen LogP contribution in [0.1, 0.15) is 31.2 Å². The minimum Gasteiger partial charge on any atom is -0.481 e. The van der Waals surface area contributed by atoms with E-state index in [1.807, 2.05) is 6.07 Å². The molecule has 1 aliphatic heterocycles. The molecule has 3 atom stereocenters. The Morgan fingerprint density at radius 1 is 1.26 bits per heavy atom. The number of carboxylic acid groups (broad SMARTS) is 1. The molecule has 0 amide bonds. The van der Waals surface area contributed by atoms with Crippen LogP contribution in [0.5, 0.6) is 0 Å². The Morgan fingerprint density at radius 3 is 2.79 bits per heavy atom. The summed E-state index contributed by atoms with van der Waals surface area (Å²) in [4.78, 5) is 13.7. The summed E-state index contributed by atoms with van der Waals surface area (Å²) in [5, 5.41) is 9.22. The van der Waals surface area contributed by atoms with Crippen LogP contribution in [0, 0.1) is 11.8 Å². The van der Waals surface area contributed by atoms with Gasteiger partial charge in [0.2, 0.25) is 0 Å². The lowest BCUT2D eigenvalue weighted by Crippen LogP contribution is -2.41. The van der Waals surface area contributed by atoms with Gasteiger partial charge in [0.1, 0.15) is 0 Å². The summed E-state index contributed by atoms with van der Waals surface area (Å²) in [7, 11) is 0. The van der Waals surface area contributed by atoms with Gasteiger partial charge in [-0.25, -0.2) is 0 Å². The van der Waals surface area contributed by atoms with E-state index in [1.165, 1.54) is 18.4 Å². The van der Waals surface area contributed by atoms with Crippen LogP contribution in [0.4, 0.5) is 0 Å². The molecule has 0 radical (unpaired) electrons. The first-order valence-corrected chi connectivity index (χ1v) is 7.25. The predicted octanol–water partition coefficient (Wildman–Crippen LogP) is 2.76. The zero-order valence-corrected chi connectivity index (χ0v) is 11.2. The van der Waals surface area contributed by atoms with Crippen LogP contribution in [0.3, 0.4) is 0 Å². The van der Waals surface area contributed by atoms with Gasteiger partial charge in [-0.2, -0.15) is 0 Å². The number of hydrogen-bond acceptors (Lipinski definition) is 2. The van der Waals surface area contributed by atoms with E-state index in [0.29, 0.717) is 12.0 Å². The molecule has 0 aromatic heterocycles. The van der Waals surface area contributed by atoms with E-state index in [0.717, 1.165) is 25.9 Å². The number of aliphatic carboxylic acids is 1. The molecule has 3 rings (SSSR count). The zero-order valence-electron chi connectivity index (χ0n) is 11.2. The van der Waals surface area contributed by atoms with Crippen molar-refractivity contribution in [2.45, 2.75) is 38.3 Å².